The van der Waals surface area contributed by atoms with Gasteiger partial charge in [0.05, 0.1) is 19.0 Å². The number of aromatic nitrogens is 3. The summed E-state index contributed by atoms with van der Waals surface area (Å²) in [6.07, 6.45) is 6.72. The van der Waals surface area contributed by atoms with E-state index in [-0.39, 0.29) is 0 Å². The van der Waals surface area contributed by atoms with Gasteiger partial charge < -0.3 is 10.1 Å². The van der Waals surface area contributed by atoms with E-state index >= 15 is 0 Å². The van der Waals surface area contributed by atoms with Gasteiger partial charge in [-0.15, -0.1) is 5.10 Å². The lowest BCUT2D eigenvalue weighted by Gasteiger charge is -2.18. The Kier molecular flexibility index (Phi) is 4.61. The topological polar surface area (TPSA) is 52.0 Å². The Labute approximate surface area is 154 Å². The fraction of sp³-hybridized carbons (Fsp3) is 0.286. The number of hydrogen-bond donors (Lipinski definition) is 1. The van der Waals surface area contributed by atoms with Gasteiger partial charge in [-0.3, -0.25) is 0 Å². The standard InChI is InChI=1S/C21H23N4O/c1-15-5-3-8-20(15)22-17-7-4-6-16(13-17)21-14-25(24-23-21)18-9-11-19(26-2)12-10-18/h4-7,9-15,20,22H,3,8H2,1-2H3. The summed E-state index contributed by atoms with van der Waals surface area (Å²) in [5.41, 5.74) is 4.00. The third-order valence-electron chi connectivity index (χ3n) is 4.99. The molecule has 1 aromatic heterocycles. The molecular formula is C21H23N4O. The summed E-state index contributed by atoms with van der Waals surface area (Å²) < 4.78 is 6.98. The molecule has 1 aliphatic rings. The number of anilines is 1. The average molecular weight is 347 g/mol. The van der Waals surface area contributed by atoms with E-state index in [9.17, 15) is 0 Å². The number of methoxy groups -OCH3 is 1. The first-order valence-electron chi connectivity index (χ1n) is 9.00. The van der Waals surface area contributed by atoms with Gasteiger partial charge in [0.15, 0.2) is 0 Å². The Balaban J connectivity index is 1.54. The summed E-state index contributed by atoms with van der Waals surface area (Å²) in [5.74, 6) is 1.43. The van der Waals surface area contributed by atoms with Crippen molar-refractivity contribution in [2.45, 2.75) is 25.8 Å². The van der Waals surface area contributed by atoms with Gasteiger partial charge in [0.25, 0.3) is 0 Å². The molecule has 2 atom stereocenters. The molecule has 1 heterocycles. The maximum absolute atomic E-state index is 5.20. The van der Waals surface area contributed by atoms with E-state index in [0.717, 1.165) is 28.4 Å². The van der Waals surface area contributed by atoms with Crippen LogP contribution in [0.25, 0.3) is 16.9 Å². The molecule has 0 amide bonds. The van der Waals surface area contributed by atoms with Crippen LogP contribution in [0.5, 0.6) is 5.75 Å². The predicted molar refractivity (Wildman–Crippen MR) is 103 cm³/mol. The van der Waals surface area contributed by atoms with Crippen molar-refractivity contribution in [2.24, 2.45) is 5.92 Å². The number of nitrogens with one attached hydrogen (secondary N) is 1. The first-order chi connectivity index (χ1) is 12.7. The lowest BCUT2D eigenvalue weighted by molar-refractivity contribution is 0.414. The Hall–Kier alpha value is -2.82. The van der Waals surface area contributed by atoms with Crippen molar-refractivity contribution in [1.29, 1.82) is 0 Å². The molecule has 0 bridgehead atoms. The number of hydrogen-bond acceptors (Lipinski definition) is 4. The summed E-state index contributed by atoms with van der Waals surface area (Å²) in [4.78, 5) is 0. The minimum absolute atomic E-state index is 0.514. The Morgan fingerprint density at radius 3 is 2.73 bits per heavy atom. The molecule has 3 aromatic rings. The highest BCUT2D eigenvalue weighted by Crippen LogP contribution is 2.29. The van der Waals surface area contributed by atoms with Crippen LogP contribution in [-0.2, 0) is 0 Å². The molecule has 5 heteroatoms. The van der Waals surface area contributed by atoms with Gasteiger partial charge in [0, 0.05) is 17.3 Å². The van der Waals surface area contributed by atoms with Gasteiger partial charge in [0.2, 0.25) is 0 Å². The van der Waals surface area contributed by atoms with Crippen LogP contribution in [0.4, 0.5) is 5.69 Å². The molecule has 5 nitrogen and oxygen atoms in total. The molecule has 0 aliphatic heterocycles. The molecule has 2 unspecified atom stereocenters. The molecule has 2 aromatic carbocycles. The van der Waals surface area contributed by atoms with Crippen LogP contribution in [0, 0.1) is 12.3 Å². The van der Waals surface area contributed by atoms with Gasteiger partial charge in [-0.25, -0.2) is 4.68 Å². The molecular weight excluding hydrogens is 324 g/mol. The lowest BCUT2D eigenvalue weighted by atomic mass is 10.1. The van der Waals surface area contributed by atoms with Crippen LogP contribution in [-0.4, -0.2) is 28.1 Å². The Morgan fingerprint density at radius 2 is 2.00 bits per heavy atom. The minimum atomic E-state index is 0.514. The molecule has 133 valence electrons. The van der Waals surface area contributed by atoms with Crippen LogP contribution in [0.3, 0.4) is 0 Å². The number of benzene rings is 2. The van der Waals surface area contributed by atoms with Crippen LogP contribution >= 0.6 is 0 Å². The SMILES string of the molecule is COc1ccc(-n2cc(-c3cccc(NC4CC[CH]C4C)c3)nn2)cc1. The molecule has 1 saturated carbocycles. The van der Waals surface area contributed by atoms with Crippen molar-refractivity contribution in [2.75, 3.05) is 12.4 Å². The van der Waals surface area contributed by atoms with Crippen molar-refractivity contribution < 1.29 is 4.74 Å². The quantitative estimate of drug-likeness (QED) is 0.745. The summed E-state index contributed by atoms with van der Waals surface area (Å²) >= 11 is 0. The first kappa shape index (κ1) is 16.6. The molecule has 1 fully saturated rings. The van der Waals surface area contributed by atoms with Gasteiger partial charge in [-0.05, 0) is 61.6 Å². The van der Waals surface area contributed by atoms with Crippen molar-refractivity contribution >= 4 is 5.69 Å². The normalized spacial score (nSPS) is 19.5. The molecule has 0 saturated heterocycles. The van der Waals surface area contributed by atoms with Crippen molar-refractivity contribution in [3.05, 3.63) is 61.1 Å². The van der Waals surface area contributed by atoms with E-state index in [2.05, 4.69) is 53.2 Å². The monoisotopic (exact) mass is 347 g/mol. The second-order valence-electron chi connectivity index (χ2n) is 6.75. The van der Waals surface area contributed by atoms with E-state index in [4.69, 9.17) is 4.74 Å². The van der Waals surface area contributed by atoms with E-state index < -0.39 is 0 Å². The van der Waals surface area contributed by atoms with Gasteiger partial charge in [-0.2, -0.15) is 0 Å². The summed E-state index contributed by atoms with van der Waals surface area (Å²) in [6, 6.07) is 16.7. The zero-order chi connectivity index (χ0) is 17.9. The zero-order valence-electron chi connectivity index (χ0n) is 15.1. The highest BCUT2D eigenvalue weighted by atomic mass is 16.5. The van der Waals surface area contributed by atoms with E-state index in [1.807, 2.05) is 30.5 Å². The second-order valence-corrected chi connectivity index (χ2v) is 6.75. The van der Waals surface area contributed by atoms with Crippen molar-refractivity contribution in [1.82, 2.24) is 15.0 Å². The van der Waals surface area contributed by atoms with Crippen LogP contribution in [0.15, 0.2) is 54.7 Å². The van der Waals surface area contributed by atoms with Crippen molar-refractivity contribution in [3.8, 4) is 22.7 Å². The number of ether oxygens (including phenoxy) is 1. The third-order valence-corrected chi connectivity index (χ3v) is 4.99. The fourth-order valence-electron chi connectivity index (χ4n) is 3.41. The molecule has 1 N–H and O–H groups in total. The number of rotatable bonds is 5. The van der Waals surface area contributed by atoms with Crippen LogP contribution in [0.2, 0.25) is 0 Å². The van der Waals surface area contributed by atoms with Gasteiger partial charge in [-0.1, -0.05) is 24.3 Å². The molecule has 0 spiro atoms. The predicted octanol–water partition coefficient (Wildman–Crippen LogP) is 4.36. The third kappa shape index (κ3) is 3.43. The summed E-state index contributed by atoms with van der Waals surface area (Å²) in [7, 11) is 1.66. The lowest BCUT2D eigenvalue weighted by Crippen LogP contribution is -2.21. The molecule has 4 rings (SSSR count). The smallest absolute Gasteiger partial charge is 0.119 e. The van der Waals surface area contributed by atoms with Gasteiger partial charge in [0.1, 0.15) is 11.4 Å². The maximum atomic E-state index is 5.20. The molecule has 26 heavy (non-hydrogen) atoms. The second kappa shape index (κ2) is 7.20. The van der Waals surface area contributed by atoms with E-state index in [1.165, 1.54) is 12.8 Å². The largest absolute Gasteiger partial charge is 0.497 e. The first-order valence-corrected chi connectivity index (χ1v) is 9.00. The van der Waals surface area contributed by atoms with Crippen LogP contribution in [0.1, 0.15) is 19.8 Å². The zero-order valence-corrected chi connectivity index (χ0v) is 15.1. The van der Waals surface area contributed by atoms with E-state index in [1.54, 1.807) is 11.8 Å². The Bertz CT molecular complexity index is 872. The minimum Gasteiger partial charge on any atom is -0.497 e. The fourth-order valence-corrected chi connectivity index (χ4v) is 3.41. The molecule has 1 radical (unpaired) electrons. The van der Waals surface area contributed by atoms with Crippen LogP contribution < -0.4 is 10.1 Å². The Morgan fingerprint density at radius 1 is 1.15 bits per heavy atom. The summed E-state index contributed by atoms with van der Waals surface area (Å²) in [6.45, 7) is 2.27. The average Bonchev–Trinajstić information content (AvgIpc) is 3.32. The maximum Gasteiger partial charge on any atom is 0.119 e. The summed E-state index contributed by atoms with van der Waals surface area (Å²) in [5, 5.41) is 12.3. The number of nitrogens with zero attached hydrogens (tertiary/aromatic N) is 3. The van der Waals surface area contributed by atoms with E-state index in [0.29, 0.717) is 12.0 Å². The molecule has 1 aliphatic carbocycles. The van der Waals surface area contributed by atoms with Crippen molar-refractivity contribution in [3.63, 3.8) is 0 Å². The van der Waals surface area contributed by atoms with Gasteiger partial charge >= 0.3 is 0 Å². The highest BCUT2D eigenvalue weighted by molar-refractivity contribution is 5.64. The highest BCUT2D eigenvalue weighted by Gasteiger charge is 2.23.